The maximum absolute atomic E-state index is 3.36. The average molecular weight is 140 g/mol. The Morgan fingerprint density at radius 1 is 1.20 bits per heavy atom. The van der Waals surface area contributed by atoms with Crippen LogP contribution in [0, 0.1) is 11.8 Å². The summed E-state index contributed by atoms with van der Waals surface area (Å²) in [6.07, 6.45) is 6.17. The fraction of sp³-hybridized carbons (Fsp3) is 0.800. The van der Waals surface area contributed by atoms with Gasteiger partial charge in [-0.15, -0.1) is 6.58 Å². The lowest BCUT2D eigenvalue weighted by molar-refractivity contribution is 0.555. The van der Waals surface area contributed by atoms with Crippen LogP contribution in [0.3, 0.4) is 0 Å². The molecule has 0 heteroatoms. The molecule has 1 saturated carbocycles. The zero-order valence-corrected chi connectivity index (χ0v) is 7.56. The minimum absolute atomic E-state index is 1.02. The monoisotopic (exact) mass is 140 g/mol. The molecule has 0 aromatic carbocycles. The summed E-state index contributed by atoms with van der Waals surface area (Å²) in [5.74, 6) is 2.05. The molecule has 1 aliphatic rings. The fourth-order valence-electron chi connectivity index (χ4n) is 1.49. The zero-order valence-electron chi connectivity index (χ0n) is 7.56. The van der Waals surface area contributed by atoms with Crippen LogP contribution in [-0.4, -0.2) is 0 Å². The molecule has 0 aromatic heterocycles. The molecule has 1 fully saturated rings. The first kappa shape index (κ1) is 9.74. The molecule has 60 valence electrons. The van der Waals surface area contributed by atoms with E-state index >= 15 is 0 Å². The van der Waals surface area contributed by atoms with Crippen LogP contribution in [0.15, 0.2) is 12.7 Å². The minimum Gasteiger partial charge on any atom is -0.103 e. The molecule has 0 N–H and O–H groups in total. The Hall–Kier alpha value is -0.260. The van der Waals surface area contributed by atoms with Crippen LogP contribution in [0.25, 0.3) is 0 Å². The summed E-state index contributed by atoms with van der Waals surface area (Å²) in [4.78, 5) is 0. The van der Waals surface area contributed by atoms with Crippen LogP contribution in [0.1, 0.15) is 40.0 Å². The SMILES string of the molecule is C=CC.CC1CCC(C)C1. The van der Waals surface area contributed by atoms with Gasteiger partial charge < -0.3 is 0 Å². The van der Waals surface area contributed by atoms with E-state index in [1.165, 1.54) is 19.3 Å². The van der Waals surface area contributed by atoms with Gasteiger partial charge in [0.25, 0.3) is 0 Å². The molecule has 0 aromatic rings. The topological polar surface area (TPSA) is 0 Å². The van der Waals surface area contributed by atoms with Crippen molar-refractivity contribution in [2.45, 2.75) is 40.0 Å². The summed E-state index contributed by atoms with van der Waals surface area (Å²) < 4.78 is 0. The van der Waals surface area contributed by atoms with Crippen LogP contribution in [0.2, 0.25) is 0 Å². The third-order valence-corrected chi connectivity index (χ3v) is 1.96. The Kier molecular flexibility index (Phi) is 5.38. The van der Waals surface area contributed by atoms with Crippen molar-refractivity contribution in [2.75, 3.05) is 0 Å². The summed E-state index contributed by atoms with van der Waals surface area (Å²) >= 11 is 0. The van der Waals surface area contributed by atoms with Crippen LogP contribution in [0.4, 0.5) is 0 Å². The van der Waals surface area contributed by atoms with Crippen molar-refractivity contribution >= 4 is 0 Å². The molecule has 1 rings (SSSR count). The van der Waals surface area contributed by atoms with Crippen molar-refractivity contribution in [3.63, 3.8) is 0 Å². The zero-order chi connectivity index (χ0) is 7.98. The Morgan fingerprint density at radius 3 is 1.60 bits per heavy atom. The molecular formula is C10H20. The normalized spacial score (nSPS) is 30.7. The fourth-order valence-corrected chi connectivity index (χ4v) is 1.49. The van der Waals surface area contributed by atoms with Crippen molar-refractivity contribution in [1.29, 1.82) is 0 Å². The van der Waals surface area contributed by atoms with Gasteiger partial charge in [0, 0.05) is 0 Å². The lowest BCUT2D eigenvalue weighted by Gasteiger charge is -1.96. The van der Waals surface area contributed by atoms with Crippen LogP contribution < -0.4 is 0 Å². The highest BCUT2D eigenvalue weighted by Crippen LogP contribution is 2.29. The molecule has 2 atom stereocenters. The molecule has 10 heavy (non-hydrogen) atoms. The Labute approximate surface area is 65.3 Å². The highest BCUT2D eigenvalue weighted by Gasteiger charge is 2.15. The first-order valence-corrected chi connectivity index (χ1v) is 4.27. The summed E-state index contributed by atoms with van der Waals surface area (Å²) in [7, 11) is 0. The van der Waals surface area contributed by atoms with Gasteiger partial charge in [0.05, 0.1) is 0 Å². The van der Waals surface area contributed by atoms with E-state index in [-0.39, 0.29) is 0 Å². The van der Waals surface area contributed by atoms with Gasteiger partial charge in [0.15, 0.2) is 0 Å². The van der Waals surface area contributed by atoms with E-state index in [0.29, 0.717) is 0 Å². The third kappa shape index (κ3) is 4.60. The van der Waals surface area contributed by atoms with E-state index < -0.39 is 0 Å². The van der Waals surface area contributed by atoms with Crippen molar-refractivity contribution in [3.8, 4) is 0 Å². The van der Waals surface area contributed by atoms with E-state index in [1.54, 1.807) is 6.08 Å². The first-order chi connectivity index (χ1) is 4.70. The van der Waals surface area contributed by atoms with E-state index in [9.17, 15) is 0 Å². The van der Waals surface area contributed by atoms with Gasteiger partial charge in [-0.1, -0.05) is 32.8 Å². The molecule has 0 bridgehead atoms. The van der Waals surface area contributed by atoms with Crippen molar-refractivity contribution < 1.29 is 0 Å². The minimum atomic E-state index is 1.02. The van der Waals surface area contributed by atoms with Crippen molar-refractivity contribution in [1.82, 2.24) is 0 Å². The number of hydrogen-bond donors (Lipinski definition) is 0. The standard InChI is InChI=1S/C7H14.C3H6/c1-6-3-4-7(2)5-6;1-3-2/h6-7H,3-5H2,1-2H3;3H,1H2,2H3. The second-order valence-corrected chi connectivity index (χ2v) is 3.43. The Balaban J connectivity index is 0.000000236. The summed E-state index contributed by atoms with van der Waals surface area (Å²) in [5, 5.41) is 0. The lowest BCUT2D eigenvalue weighted by atomic mass is 10.1. The van der Waals surface area contributed by atoms with Crippen molar-refractivity contribution in [2.24, 2.45) is 11.8 Å². The highest BCUT2D eigenvalue weighted by atomic mass is 14.2. The highest BCUT2D eigenvalue weighted by molar-refractivity contribution is 4.68. The lowest BCUT2D eigenvalue weighted by Crippen LogP contribution is -1.84. The molecule has 1 aliphatic carbocycles. The molecule has 2 unspecified atom stereocenters. The molecule has 0 saturated heterocycles. The van der Waals surface area contributed by atoms with Gasteiger partial charge in [-0.2, -0.15) is 0 Å². The second-order valence-electron chi connectivity index (χ2n) is 3.43. The van der Waals surface area contributed by atoms with Crippen LogP contribution >= 0.6 is 0 Å². The first-order valence-electron chi connectivity index (χ1n) is 4.27. The summed E-state index contributed by atoms with van der Waals surface area (Å²) in [5.41, 5.74) is 0. The number of rotatable bonds is 0. The van der Waals surface area contributed by atoms with Gasteiger partial charge in [0.1, 0.15) is 0 Å². The third-order valence-electron chi connectivity index (χ3n) is 1.96. The maximum Gasteiger partial charge on any atom is -0.0440 e. The summed E-state index contributed by atoms with van der Waals surface area (Å²) in [6, 6.07) is 0. The van der Waals surface area contributed by atoms with Gasteiger partial charge >= 0.3 is 0 Å². The van der Waals surface area contributed by atoms with Gasteiger partial charge in [-0.3, -0.25) is 0 Å². The molecule has 0 amide bonds. The number of allylic oxidation sites excluding steroid dienone is 1. The Morgan fingerprint density at radius 2 is 1.50 bits per heavy atom. The molecule has 0 radical (unpaired) electrons. The van der Waals surface area contributed by atoms with Crippen LogP contribution in [-0.2, 0) is 0 Å². The van der Waals surface area contributed by atoms with Crippen LogP contribution in [0.5, 0.6) is 0 Å². The predicted octanol–water partition coefficient (Wildman–Crippen LogP) is 3.63. The molecular weight excluding hydrogens is 120 g/mol. The van der Waals surface area contributed by atoms with Gasteiger partial charge in [-0.05, 0) is 25.2 Å². The number of hydrogen-bond acceptors (Lipinski definition) is 0. The second kappa shape index (κ2) is 5.52. The van der Waals surface area contributed by atoms with E-state index in [1.807, 2.05) is 6.92 Å². The van der Waals surface area contributed by atoms with E-state index in [0.717, 1.165) is 11.8 Å². The predicted molar refractivity (Wildman–Crippen MR) is 48.1 cm³/mol. The Bertz CT molecular complexity index is 76.0. The average Bonchev–Trinajstić information content (AvgIpc) is 2.17. The molecule has 0 nitrogen and oxygen atoms in total. The van der Waals surface area contributed by atoms with Crippen molar-refractivity contribution in [3.05, 3.63) is 12.7 Å². The molecule has 0 spiro atoms. The maximum atomic E-state index is 3.36. The van der Waals surface area contributed by atoms with Gasteiger partial charge in [0.2, 0.25) is 0 Å². The van der Waals surface area contributed by atoms with E-state index in [4.69, 9.17) is 0 Å². The summed E-state index contributed by atoms with van der Waals surface area (Å²) in [6.45, 7) is 9.95. The molecule has 0 aliphatic heterocycles. The largest absolute Gasteiger partial charge is 0.103 e. The quantitative estimate of drug-likeness (QED) is 0.451. The van der Waals surface area contributed by atoms with Gasteiger partial charge in [-0.25, -0.2) is 0 Å². The molecule has 0 heterocycles. The smallest absolute Gasteiger partial charge is 0.0440 e. The van der Waals surface area contributed by atoms with E-state index in [2.05, 4.69) is 20.4 Å².